The fourth-order valence-corrected chi connectivity index (χ4v) is 3.77. The molecule has 2 rings (SSSR count). The van der Waals surface area contributed by atoms with Crippen LogP contribution in [-0.2, 0) is 16.6 Å². The molecule has 1 amide bonds. The van der Waals surface area contributed by atoms with Gasteiger partial charge in [0.15, 0.2) is 0 Å². The van der Waals surface area contributed by atoms with Crippen LogP contribution in [0, 0.1) is 18.2 Å². The van der Waals surface area contributed by atoms with Gasteiger partial charge in [0.2, 0.25) is 10.0 Å². The molecule has 0 radical (unpaired) electrons. The van der Waals surface area contributed by atoms with Crippen LogP contribution < -0.4 is 4.72 Å². The molecule has 146 valence electrons. The summed E-state index contributed by atoms with van der Waals surface area (Å²) in [5, 5.41) is 0. The largest absolute Gasteiger partial charge is 0.330 e. The molecule has 0 aliphatic carbocycles. The van der Waals surface area contributed by atoms with Crippen LogP contribution in [0.2, 0.25) is 0 Å². The highest BCUT2D eigenvalue weighted by molar-refractivity contribution is 9.10. The summed E-state index contributed by atoms with van der Waals surface area (Å²) in [5.41, 5.74) is 0.621. The Labute approximate surface area is 172 Å². The lowest BCUT2D eigenvalue weighted by molar-refractivity contribution is 0.0761. The monoisotopic (exact) mass is 464 g/mol. The highest BCUT2D eigenvalue weighted by atomic mass is 79.9. The summed E-state index contributed by atoms with van der Waals surface area (Å²) >= 11 is 3.29. The second-order valence-electron chi connectivity index (χ2n) is 5.76. The van der Waals surface area contributed by atoms with Crippen molar-refractivity contribution in [2.75, 3.05) is 13.1 Å². The van der Waals surface area contributed by atoms with Gasteiger partial charge in [0, 0.05) is 28.7 Å². The predicted molar refractivity (Wildman–Crippen MR) is 110 cm³/mol. The maximum absolute atomic E-state index is 14.0. The molecular weight excluding hydrogens is 447 g/mol. The molecule has 0 unspecified atom stereocenters. The fourth-order valence-electron chi connectivity index (χ4n) is 2.42. The first-order chi connectivity index (χ1) is 13.3. The summed E-state index contributed by atoms with van der Waals surface area (Å²) in [5.74, 6) is 1.39. The molecule has 2 aromatic carbocycles. The van der Waals surface area contributed by atoms with E-state index in [-0.39, 0.29) is 36.0 Å². The van der Waals surface area contributed by atoms with E-state index in [1.54, 1.807) is 12.1 Å². The molecule has 0 bridgehead atoms. The minimum absolute atomic E-state index is 0.00685. The third-order valence-electron chi connectivity index (χ3n) is 3.78. The van der Waals surface area contributed by atoms with E-state index in [0.717, 1.165) is 0 Å². The van der Waals surface area contributed by atoms with Crippen molar-refractivity contribution in [3.05, 3.63) is 76.5 Å². The van der Waals surface area contributed by atoms with Gasteiger partial charge in [0.25, 0.3) is 5.91 Å². The Bertz CT molecular complexity index is 1010. The van der Waals surface area contributed by atoms with Gasteiger partial charge in [-0.2, -0.15) is 4.72 Å². The quantitative estimate of drug-likeness (QED) is 0.481. The lowest BCUT2D eigenvalue weighted by Gasteiger charge is -2.22. The first-order valence-electron chi connectivity index (χ1n) is 8.15. The molecule has 0 atom stereocenters. The molecule has 0 fully saturated rings. The zero-order chi connectivity index (χ0) is 20.7. The lowest BCUT2D eigenvalue weighted by Crippen LogP contribution is -2.31. The average Bonchev–Trinajstić information content (AvgIpc) is 2.68. The summed E-state index contributed by atoms with van der Waals surface area (Å²) in [7, 11) is -3.74. The summed E-state index contributed by atoms with van der Waals surface area (Å²) < 4.78 is 41.1. The summed E-state index contributed by atoms with van der Waals surface area (Å²) in [6.07, 6.45) is 6.60. The molecule has 0 saturated carbocycles. The number of hydrogen-bond donors (Lipinski definition) is 1. The molecule has 0 aliphatic heterocycles. The Morgan fingerprint density at radius 3 is 2.57 bits per heavy atom. The first-order valence-corrected chi connectivity index (χ1v) is 10.4. The maximum Gasteiger partial charge on any atom is 0.254 e. The van der Waals surface area contributed by atoms with Crippen LogP contribution in [0.25, 0.3) is 0 Å². The Morgan fingerprint density at radius 2 is 1.96 bits per heavy atom. The van der Waals surface area contributed by atoms with Gasteiger partial charge >= 0.3 is 0 Å². The zero-order valence-electron chi connectivity index (χ0n) is 14.9. The molecule has 5 nitrogen and oxygen atoms in total. The van der Waals surface area contributed by atoms with E-state index in [1.165, 1.54) is 41.3 Å². The lowest BCUT2D eigenvalue weighted by atomic mass is 10.1. The van der Waals surface area contributed by atoms with Crippen molar-refractivity contribution in [1.82, 2.24) is 9.62 Å². The number of sulfonamides is 1. The van der Waals surface area contributed by atoms with Crippen LogP contribution in [-0.4, -0.2) is 32.3 Å². The highest BCUT2D eigenvalue weighted by Crippen LogP contribution is 2.19. The van der Waals surface area contributed by atoms with E-state index in [4.69, 9.17) is 6.42 Å². The number of amides is 1. The van der Waals surface area contributed by atoms with Gasteiger partial charge in [-0.15, -0.1) is 13.0 Å². The molecule has 8 heteroatoms. The number of rotatable bonds is 8. The molecule has 0 saturated heterocycles. The first kappa shape index (κ1) is 21.8. The van der Waals surface area contributed by atoms with Crippen molar-refractivity contribution in [3.63, 3.8) is 0 Å². The smallest absolute Gasteiger partial charge is 0.254 e. The van der Waals surface area contributed by atoms with Gasteiger partial charge in [-0.3, -0.25) is 4.79 Å². The Kier molecular flexibility index (Phi) is 7.52. The molecule has 0 aromatic heterocycles. The van der Waals surface area contributed by atoms with Gasteiger partial charge in [0.05, 0.1) is 11.4 Å². The standard InChI is InChI=1S/C20H18BrFN2O3S/c1-3-11-23-28(26,27)18-8-5-15(6-9-18)20(25)24(12-4-2)14-16-13-17(21)7-10-19(16)22/h1,4-10,13,23H,2,11-12,14H2. The number of carbonyl (C=O) groups is 1. The van der Waals surface area contributed by atoms with Crippen LogP contribution in [0.5, 0.6) is 0 Å². The maximum atomic E-state index is 14.0. The third-order valence-corrected chi connectivity index (χ3v) is 5.69. The summed E-state index contributed by atoms with van der Waals surface area (Å²) in [6, 6.07) is 9.94. The minimum Gasteiger partial charge on any atom is -0.330 e. The van der Waals surface area contributed by atoms with E-state index < -0.39 is 15.8 Å². The van der Waals surface area contributed by atoms with Gasteiger partial charge in [-0.05, 0) is 42.5 Å². The summed E-state index contributed by atoms with van der Waals surface area (Å²) in [6.45, 7) is 3.75. The third kappa shape index (κ3) is 5.52. The zero-order valence-corrected chi connectivity index (χ0v) is 17.3. The topological polar surface area (TPSA) is 66.5 Å². The van der Waals surface area contributed by atoms with Crippen LogP contribution in [0.1, 0.15) is 15.9 Å². The number of terminal acetylenes is 1. The van der Waals surface area contributed by atoms with Crippen molar-refractivity contribution in [3.8, 4) is 12.3 Å². The van der Waals surface area contributed by atoms with Gasteiger partial charge in [-0.25, -0.2) is 12.8 Å². The van der Waals surface area contributed by atoms with Gasteiger partial charge in [0.1, 0.15) is 5.82 Å². The Morgan fingerprint density at radius 1 is 1.29 bits per heavy atom. The number of hydrogen-bond acceptors (Lipinski definition) is 3. The fraction of sp³-hybridized carbons (Fsp3) is 0.150. The van der Waals surface area contributed by atoms with E-state index in [0.29, 0.717) is 10.0 Å². The molecule has 0 aliphatic rings. The predicted octanol–water partition coefficient (Wildman–Crippen LogP) is 3.33. The number of nitrogens with zero attached hydrogens (tertiary/aromatic N) is 1. The van der Waals surface area contributed by atoms with Crippen LogP contribution in [0.15, 0.2) is 64.5 Å². The van der Waals surface area contributed by atoms with E-state index in [9.17, 15) is 17.6 Å². The summed E-state index contributed by atoms with van der Waals surface area (Å²) in [4.78, 5) is 14.2. The highest BCUT2D eigenvalue weighted by Gasteiger charge is 2.19. The second-order valence-corrected chi connectivity index (χ2v) is 8.45. The van der Waals surface area contributed by atoms with Crippen LogP contribution in [0.3, 0.4) is 0 Å². The Balaban J connectivity index is 2.24. The van der Waals surface area contributed by atoms with E-state index >= 15 is 0 Å². The molecular formula is C20H18BrFN2O3S. The van der Waals surface area contributed by atoms with Crippen LogP contribution in [0.4, 0.5) is 4.39 Å². The minimum atomic E-state index is -3.74. The van der Waals surface area contributed by atoms with Gasteiger partial charge in [-0.1, -0.05) is 27.9 Å². The number of carbonyl (C=O) groups excluding carboxylic acids is 1. The molecule has 1 N–H and O–H groups in total. The van der Waals surface area contributed by atoms with E-state index in [1.807, 2.05) is 0 Å². The number of halogens is 2. The molecule has 28 heavy (non-hydrogen) atoms. The van der Waals surface area contributed by atoms with Gasteiger partial charge < -0.3 is 4.90 Å². The van der Waals surface area contributed by atoms with Crippen molar-refractivity contribution >= 4 is 31.9 Å². The van der Waals surface area contributed by atoms with Crippen molar-refractivity contribution in [2.45, 2.75) is 11.4 Å². The molecule has 0 spiro atoms. The molecule has 0 heterocycles. The van der Waals surface area contributed by atoms with E-state index in [2.05, 4.69) is 33.2 Å². The van der Waals surface area contributed by atoms with Crippen molar-refractivity contribution < 1.29 is 17.6 Å². The van der Waals surface area contributed by atoms with Crippen LogP contribution >= 0.6 is 15.9 Å². The normalized spacial score (nSPS) is 10.9. The molecule has 2 aromatic rings. The SMILES string of the molecule is C#CCNS(=O)(=O)c1ccc(C(=O)N(CC=C)Cc2cc(Br)ccc2F)cc1. The average molecular weight is 465 g/mol. The van der Waals surface area contributed by atoms with Crippen molar-refractivity contribution in [1.29, 1.82) is 0 Å². The van der Waals surface area contributed by atoms with Crippen molar-refractivity contribution in [2.24, 2.45) is 0 Å². The number of nitrogens with one attached hydrogen (secondary N) is 1. The second kappa shape index (κ2) is 9.64. The number of benzene rings is 2. The Hall–Kier alpha value is -2.47.